The van der Waals surface area contributed by atoms with Crippen LogP contribution in [0.15, 0.2) is 65.1 Å². The highest BCUT2D eigenvalue weighted by Crippen LogP contribution is 2.28. The molecular formula is C21H19FN2O3S. The van der Waals surface area contributed by atoms with Crippen LogP contribution < -0.4 is 14.9 Å². The maximum absolute atomic E-state index is 13.0. The molecule has 2 aromatic carbocycles. The number of hydrogen-bond donors (Lipinski definition) is 1. The summed E-state index contributed by atoms with van der Waals surface area (Å²) in [5, 5.41) is 5.91. The molecule has 144 valence electrons. The number of hydrazone groups is 1. The third-order valence-corrected chi connectivity index (χ3v) is 4.69. The average molecular weight is 398 g/mol. The van der Waals surface area contributed by atoms with E-state index in [-0.39, 0.29) is 11.7 Å². The van der Waals surface area contributed by atoms with Crippen LogP contribution in [0.1, 0.15) is 16.0 Å². The monoisotopic (exact) mass is 398 g/mol. The number of amides is 1. The zero-order chi connectivity index (χ0) is 19.8. The molecule has 0 unspecified atom stereocenters. The molecule has 1 N–H and O–H groups in total. The van der Waals surface area contributed by atoms with Gasteiger partial charge in [-0.05, 0) is 52.9 Å². The summed E-state index contributed by atoms with van der Waals surface area (Å²) in [5.74, 6) is 0.638. The second-order valence-electron chi connectivity index (χ2n) is 5.87. The molecule has 0 bridgehead atoms. The van der Waals surface area contributed by atoms with E-state index < -0.39 is 0 Å². The van der Waals surface area contributed by atoms with Crippen LogP contribution in [0.2, 0.25) is 0 Å². The van der Waals surface area contributed by atoms with Gasteiger partial charge in [-0.15, -0.1) is 11.3 Å². The highest BCUT2D eigenvalue weighted by Gasteiger charge is 2.06. The van der Waals surface area contributed by atoms with Crippen molar-refractivity contribution in [3.05, 3.63) is 81.8 Å². The second-order valence-corrected chi connectivity index (χ2v) is 6.91. The van der Waals surface area contributed by atoms with Gasteiger partial charge in [0.2, 0.25) is 5.91 Å². The molecule has 28 heavy (non-hydrogen) atoms. The largest absolute Gasteiger partial charge is 0.493 e. The van der Waals surface area contributed by atoms with Crippen molar-refractivity contribution in [3.8, 4) is 11.5 Å². The van der Waals surface area contributed by atoms with Gasteiger partial charge < -0.3 is 9.47 Å². The zero-order valence-corrected chi connectivity index (χ0v) is 16.0. The number of nitrogens with zero attached hydrogens (tertiary/aromatic N) is 1. The van der Waals surface area contributed by atoms with E-state index in [0.717, 1.165) is 16.0 Å². The van der Waals surface area contributed by atoms with Gasteiger partial charge in [0.25, 0.3) is 0 Å². The number of methoxy groups -OCH3 is 1. The van der Waals surface area contributed by atoms with E-state index in [9.17, 15) is 9.18 Å². The molecule has 3 rings (SSSR count). The summed E-state index contributed by atoms with van der Waals surface area (Å²) in [6, 6.07) is 15.3. The molecule has 7 heteroatoms. The molecule has 0 spiro atoms. The third kappa shape index (κ3) is 5.65. The normalized spacial score (nSPS) is 10.8. The van der Waals surface area contributed by atoms with Gasteiger partial charge in [-0.1, -0.05) is 18.2 Å². The minimum absolute atomic E-state index is 0.176. The highest BCUT2D eigenvalue weighted by molar-refractivity contribution is 7.10. The first-order valence-corrected chi connectivity index (χ1v) is 9.41. The summed E-state index contributed by atoms with van der Waals surface area (Å²) < 4.78 is 24.1. The Hall–Kier alpha value is -3.19. The lowest BCUT2D eigenvalue weighted by molar-refractivity contribution is -0.120. The molecule has 0 aliphatic rings. The van der Waals surface area contributed by atoms with E-state index in [4.69, 9.17) is 9.47 Å². The molecule has 5 nitrogen and oxygen atoms in total. The van der Waals surface area contributed by atoms with Crippen LogP contribution in [0, 0.1) is 5.82 Å². The Labute approximate surface area is 166 Å². The van der Waals surface area contributed by atoms with Gasteiger partial charge in [0, 0.05) is 4.88 Å². The summed E-state index contributed by atoms with van der Waals surface area (Å²) >= 11 is 1.53. The van der Waals surface area contributed by atoms with Crippen LogP contribution in [-0.4, -0.2) is 19.2 Å². The zero-order valence-electron chi connectivity index (χ0n) is 15.2. The molecule has 0 atom stereocenters. The molecule has 0 aliphatic carbocycles. The SMILES string of the molecule is COc1cc(/C=N\NC(=O)Cc2cccs2)ccc1OCc1ccc(F)cc1. The number of rotatable bonds is 8. The fraction of sp³-hybridized carbons (Fsp3) is 0.143. The highest BCUT2D eigenvalue weighted by atomic mass is 32.1. The molecular weight excluding hydrogens is 379 g/mol. The van der Waals surface area contributed by atoms with E-state index in [0.29, 0.717) is 24.5 Å². The molecule has 1 amide bonds. The lowest BCUT2D eigenvalue weighted by Gasteiger charge is -2.11. The maximum atomic E-state index is 13.0. The van der Waals surface area contributed by atoms with Crippen molar-refractivity contribution in [1.29, 1.82) is 0 Å². The lowest BCUT2D eigenvalue weighted by Crippen LogP contribution is -2.19. The first-order chi connectivity index (χ1) is 13.6. The van der Waals surface area contributed by atoms with Crippen LogP contribution in [0.5, 0.6) is 11.5 Å². The van der Waals surface area contributed by atoms with Gasteiger partial charge in [-0.2, -0.15) is 5.10 Å². The number of hydrogen-bond acceptors (Lipinski definition) is 5. The Morgan fingerprint density at radius 1 is 1.18 bits per heavy atom. The summed E-state index contributed by atoms with van der Waals surface area (Å²) in [4.78, 5) is 12.8. The molecule has 1 aromatic heterocycles. The van der Waals surface area contributed by atoms with Gasteiger partial charge in [0.15, 0.2) is 11.5 Å². The number of carbonyl (C=O) groups is 1. The number of benzene rings is 2. The average Bonchev–Trinajstić information content (AvgIpc) is 3.21. The smallest absolute Gasteiger partial charge is 0.245 e. The van der Waals surface area contributed by atoms with E-state index >= 15 is 0 Å². The predicted molar refractivity (Wildman–Crippen MR) is 107 cm³/mol. The molecule has 0 aliphatic heterocycles. The topological polar surface area (TPSA) is 59.9 Å². The van der Waals surface area contributed by atoms with Crippen molar-refractivity contribution in [2.45, 2.75) is 13.0 Å². The van der Waals surface area contributed by atoms with E-state index in [1.54, 1.807) is 43.7 Å². The van der Waals surface area contributed by atoms with Crippen LogP contribution in [0.25, 0.3) is 0 Å². The van der Waals surface area contributed by atoms with Crippen LogP contribution in [-0.2, 0) is 17.8 Å². The summed E-state index contributed by atoms with van der Waals surface area (Å²) in [6.45, 7) is 0.294. The Morgan fingerprint density at radius 3 is 2.71 bits per heavy atom. The fourth-order valence-corrected chi connectivity index (χ4v) is 3.12. The molecule has 0 saturated carbocycles. The number of carbonyl (C=O) groups excluding carboxylic acids is 1. The first kappa shape index (κ1) is 19.6. The first-order valence-electron chi connectivity index (χ1n) is 8.53. The van der Waals surface area contributed by atoms with Crippen molar-refractivity contribution in [2.24, 2.45) is 5.10 Å². The van der Waals surface area contributed by atoms with Crippen molar-refractivity contribution in [1.82, 2.24) is 5.43 Å². The van der Waals surface area contributed by atoms with Crippen molar-refractivity contribution in [2.75, 3.05) is 7.11 Å². The van der Waals surface area contributed by atoms with Crippen molar-refractivity contribution < 1.29 is 18.7 Å². The summed E-state index contributed by atoms with van der Waals surface area (Å²) in [7, 11) is 1.55. The molecule has 0 radical (unpaired) electrons. The van der Waals surface area contributed by atoms with Crippen LogP contribution in [0.4, 0.5) is 4.39 Å². The van der Waals surface area contributed by atoms with Gasteiger partial charge >= 0.3 is 0 Å². The minimum atomic E-state index is -0.285. The number of nitrogens with one attached hydrogen (secondary N) is 1. The van der Waals surface area contributed by atoms with Crippen LogP contribution >= 0.6 is 11.3 Å². The Kier molecular flexibility index (Phi) is 6.75. The van der Waals surface area contributed by atoms with Crippen LogP contribution in [0.3, 0.4) is 0 Å². The Bertz CT molecular complexity index is 941. The van der Waals surface area contributed by atoms with E-state index in [2.05, 4.69) is 10.5 Å². The van der Waals surface area contributed by atoms with Gasteiger partial charge in [-0.25, -0.2) is 9.82 Å². The molecule has 0 saturated heterocycles. The maximum Gasteiger partial charge on any atom is 0.245 e. The van der Waals surface area contributed by atoms with Gasteiger partial charge in [-0.3, -0.25) is 4.79 Å². The number of ether oxygens (including phenoxy) is 2. The molecule has 0 fully saturated rings. The lowest BCUT2D eigenvalue weighted by atomic mass is 10.2. The molecule has 1 heterocycles. The number of halogens is 1. The van der Waals surface area contributed by atoms with E-state index in [1.165, 1.54) is 23.5 Å². The summed E-state index contributed by atoms with van der Waals surface area (Å²) in [5.41, 5.74) is 4.11. The number of thiophene rings is 1. The van der Waals surface area contributed by atoms with Crippen molar-refractivity contribution >= 4 is 23.5 Å². The standard InChI is InChI=1S/C21H19FN2O3S/c1-26-20-11-16(13-23-24-21(25)12-18-3-2-10-28-18)6-9-19(20)27-14-15-4-7-17(22)8-5-15/h2-11,13H,12,14H2,1H3,(H,24,25)/b23-13-. The van der Waals surface area contributed by atoms with Crippen molar-refractivity contribution in [3.63, 3.8) is 0 Å². The fourth-order valence-electron chi connectivity index (χ4n) is 2.42. The summed E-state index contributed by atoms with van der Waals surface area (Å²) in [6.07, 6.45) is 1.84. The van der Waals surface area contributed by atoms with Gasteiger partial charge in [0.1, 0.15) is 12.4 Å². The third-order valence-electron chi connectivity index (χ3n) is 3.81. The molecule has 3 aromatic rings. The Balaban J connectivity index is 1.57. The predicted octanol–water partition coefficient (Wildman–Crippen LogP) is 4.17. The Morgan fingerprint density at radius 2 is 2.00 bits per heavy atom. The van der Waals surface area contributed by atoms with Gasteiger partial charge in [0.05, 0.1) is 19.7 Å². The minimum Gasteiger partial charge on any atom is -0.493 e. The van der Waals surface area contributed by atoms with E-state index in [1.807, 2.05) is 17.5 Å². The second kappa shape index (κ2) is 9.66. The quantitative estimate of drug-likeness (QED) is 0.458.